The van der Waals surface area contributed by atoms with Crippen molar-refractivity contribution in [3.05, 3.63) is 35.4 Å². The van der Waals surface area contributed by atoms with E-state index in [4.69, 9.17) is 4.74 Å². The van der Waals surface area contributed by atoms with E-state index in [2.05, 4.69) is 15.6 Å². The molecule has 174 valence electrons. The van der Waals surface area contributed by atoms with Gasteiger partial charge in [0, 0.05) is 31.6 Å². The van der Waals surface area contributed by atoms with Crippen LogP contribution in [0.15, 0.2) is 29.3 Å². The molecule has 0 saturated carbocycles. The van der Waals surface area contributed by atoms with Gasteiger partial charge < -0.3 is 20.3 Å². The number of guanidine groups is 1. The Kier molecular flexibility index (Phi) is 9.61. The Bertz CT molecular complexity index is 730. The zero-order chi connectivity index (χ0) is 22.9. The first-order chi connectivity index (χ1) is 14.7. The third-order valence-corrected chi connectivity index (χ3v) is 4.93. The molecule has 1 saturated heterocycles. The predicted molar refractivity (Wildman–Crippen MR) is 115 cm³/mol. The molecule has 1 aromatic carbocycles. The molecule has 1 fully saturated rings. The molecule has 0 aromatic heterocycles. The summed E-state index contributed by atoms with van der Waals surface area (Å²) < 4.78 is 41.4. The lowest BCUT2D eigenvalue weighted by atomic mass is 10.0. The van der Waals surface area contributed by atoms with Gasteiger partial charge in [-0.25, -0.2) is 4.99 Å². The van der Waals surface area contributed by atoms with Crippen molar-refractivity contribution >= 4 is 11.9 Å². The number of hydrogen-bond acceptors (Lipinski definition) is 3. The number of hydrogen-bond donors (Lipinski definition) is 2. The number of carbonyl (C=O) groups excluding carboxylic acids is 1. The standard InChI is InChI=1S/C22H33F3N4O2/c1-4-26-21(28-19-8-10-29(11-9-19)20(30)16(2)3)27-13-17-6-5-7-18(12-17)14-31-15-22(23,24)25/h5-7,12,16,19H,4,8-11,13-15H2,1-3H3,(H2,26,27,28). The highest BCUT2D eigenvalue weighted by Crippen LogP contribution is 2.16. The smallest absolute Gasteiger partial charge is 0.367 e. The summed E-state index contributed by atoms with van der Waals surface area (Å²) in [6, 6.07) is 7.45. The number of likely N-dealkylation sites (tertiary alicyclic amines) is 1. The molecule has 6 nitrogen and oxygen atoms in total. The van der Waals surface area contributed by atoms with E-state index >= 15 is 0 Å². The fourth-order valence-corrected chi connectivity index (χ4v) is 3.40. The second-order valence-corrected chi connectivity index (χ2v) is 8.02. The zero-order valence-electron chi connectivity index (χ0n) is 18.5. The highest BCUT2D eigenvalue weighted by atomic mass is 19.4. The van der Waals surface area contributed by atoms with Crippen molar-refractivity contribution in [2.45, 2.75) is 59.0 Å². The van der Waals surface area contributed by atoms with Gasteiger partial charge in [-0.2, -0.15) is 13.2 Å². The van der Waals surface area contributed by atoms with Crippen LogP contribution in [0.25, 0.3) is 0 Å². The summed E-state index contributed by atoms with van der Waals surface area (Å²) in [6.45, 7) is 7.03. The van der Waals surface area contributed by atoms with Crippen LogP contribution in [0.5, 0.6) is 0 Å². The fraction of sp³-hybridized carbons (Fsp3) is 0.636. The molecule has 1 heterocycles. The first-order valence-electron chi connectivity index (χ1n) is 10.7. The van der Waals surface area contributed by atoms with Crippen molar-refractivity contribution in [2.24, 2.45) is 10.9 Å². The highest BCUT2D eigenvalue weighted by molar-refractivity contribution is 5.80. The van der Waals surface area contributed by atoms with Crippen molar-refractivity contribution < 1.29 is 22.7 Å². The molecule has 31 heavy (non-hydrogen) atoms. The quantitative estimate of drug-likeness (QED) is 0.478. The molecule has 2 N–H and O–H groups in total. The van der Waals surface area contributed by atoms with Crippen molar-refractivity contribution in [3.8, 4) is 0 Å². The molecule has 9 heteroatoms. The van der Waals surface area contributed by atoms with Gasteiger partial charge in [-0.3, -0.25) is 4.79 Å². The van der Waals surface area contributed by atoms with Gasteiger partial charge in [0.1, 0.15) is 6.61 Å². The number of piperidine rings is 1. The summed E-state index contributed by atoms with van der Waals surface area (Å²) in [5.41, 5.74) is 1.57. The van der Waals surface area contributed by atoms with Crippen LogP contribution in [-0.4, -0.2) is 55.2 Å². The van der Waals surface area contributed by atoms with Crippen LogP contribution in [0.4, 0.5) is 13.2 Å². The summed E-state index contributed by atoms with van der Waals surface area (Å²) in [5.74, 6) is 0.894. The van der Waals surface area contributed by atoms with E-state index in [1.165, 1.54) is 0 Å². The molecular formula is C22H33F3N4O2. The minimum absolute atomic E-state index is 0.0121. The summed E-state index contributed by atoms with van der Waals surface area (Å²) in [7, 11) is 0. The lowest BCUT2D eigenvalue weighted by molar-refractivity contribution is -0.176. The van der Waals surface area contributed by atoms with Crippen molar-refractivity contribution in [1.29, 1.82) is 0 Å². The summed E-state index contributed by atoms with van der Waals surface area (Å²) in [5, 5.41) is 6.66. The molecule has 1 aromatic rings. The topological polar surface area (TPSA) is 66.0 Å². The van der Waals surface area contributed by atoms with Gasteiger partial charge in [-0.15, -0.1) is 0 Å². The van der Waals surface area contributed by atoms with Gasteiger partial charge in [-0.05, 0) is 30.9 Å². The molecule has 0 atom stereocenters. The molecule has 1 aliphatic heterocycles. The summed E-state index contributed by atoms with van der Waals surface area (Å²) >= 11 is 0. The van der Waals surface area contributed by atoms with Gasteiger partial charge in [0.25, 0.3) is 0 Å². The molecule has 0 unspecified atom stereocenters. The van der Waals surface area contributed by atoms with Gasteiger partial charge in [-0.1, -0.05) is 38.1 Å². The Labute approximate surface area is 182 Å². The average molecular weight is 443 g/mol. The lowest BCUT2D eigenvalue weighted by Gasteiger charge is -2.34. The number of carbonyl (C=O) groups is 1. The van der Waals surface area contributed by atoms with Crippen LogP contribution < -0.4 is 10.6 Å². The van der Waals surface area contributed by atoms with Crippen LogP contribution in [0, 0.1) is 5.92 Å². The highest BCUT2D eigenvalue weighted by Gasteiger charge is 2.27. The average Bonchev–Trinajstić information content (AvgIpc) is 2.71. The van der Waals surface area contributed by atoms with E-state index in [0.717, 1.165) is 31.5 Å². The van der Waals surface area contributed by atoms with Gasteiger partial charge in [0.05, 0.1) is 13.2 Å². The largest absolute Gasteiger partial charge is 0.411 e. The van der Waals surface area contributed by atoms with Gasteiger partial charge >= 0.3 is 6.18 Å². The SMILES string of the molecule is CCNC(=NCc1cccc(COCC(F)(F)F)c1)NC1CCN(C(=O)C(C)C)CC1. The Morgan fingerprint density at radius 1 is 1.26 bits per heavy atom. The molecular weight excluding hydrogens is 409 g/mol. The van der Waals surface area contributed by atoms with E-state index in [9.17, 15) is 18.0 Å². The fourth-order valence-electron chi connectivity index (χ4n) is 3.40. The second kappa shape index (κ2) is 11.9. The molecule has 1 amide bonds. The van der Waals surface area contributed by atoms with Crippen LogP contribution >= 0.6 is 0 Å². The monoisotopic (exact) mass is 442 g/mol. The Balaban J connectivity index is 1.88. The zero-order valence-corrected chi connectivity index (χ0v) is 18.5. The second-order valence-electron chi connectivity index (χ2n) is 8.02. The molecule has 0 spiro atoms. The minimum Gasteiger partial charge on any atom is -0.367 e. The molecule has 2 rings (SSSR count). The van der Waals surface area contributed by atoms with Crippen LogP contribution in [0.1, 0.15) is 44.7 Å². The summed E-state index contributed by atoms with van der Waals surface area (Å²) in [4.78, 5) is 18.7. The van der Waals surface area contributed by atoms with Gasteiger partial charge in [0.15, 0.2) is 5.96 Å². The number of halogens is 3. The van der Waals surface area contributed by atoms with E-state index in [1.54, 1.807) is 18.2 Å². The number of benzene rings is 1. The minimum atomic E-state index is -4.33. The maximum absolute atomic E-state index is 12.2. The number of aliphatic imine (C=N–C) groups is 1. The summed E-state index contributed by atoms with van der Waals surface area (Å²) in [6.07, 6.45) is -2.61. The van der Waals surface area contributed by atoms with Crippen LogP contribution in [-0.2, 0) is 22.7 Å². The van der Waals surface area contributed by atoms with Crippen molar-refractivity contribution in [1.82, 2.24) is 15.5 Å². The van der Waals surface area contributed by atoms with E-state index in [-0.39, 0.29) is 24.5 Å². The van der Waals surface area contributed by atoms with Crippen molar-refractivity contribution in [3.63, 3.8) is 0 Å². The van der Waals surface area contributed by atoms with E-state index in [1.807, 2.05) is 31.7 Å². The van der Waals surface area contributed by atoms with Crippen LogP contribution in [0.3, 0.4) is 0 Å². The maximum atomic E-state index is 12.2. The maximum Gasteiger partial charge on any atom is 0.411 e. The molecule has 0 aliphatic carbocycles. The first-order valence-corrected chi connectivity index (χ1v) is 10.7. The number of alkyl halides is 3. The van der Waals surface area contributed by atoms with E-state index in [0.29, 0.717) is 24.6 Å². The van der Waals surface area contributed by atoms with E-state index < -0.39 is 12.8 Å². The number of ether oxygens (including phenoxy) is 1. The number of nitrogens with one attached hydrogen (secondary N) is 2. The molecule has 1 aliphatic rings. The predicted octanol–water partition coefficient (Wildman–Crippen LogP) is 3.47. The third kappa shape index (κ3) is 9.16. The van der Waals surface area contributed by atoms with Crippen molar-refractivity contribution in [2.75, 3.05) is 26.2 Å². The Morgan fingerprint density at radius 3 is 2.55 bits per heavy atom. The number of nitrogens with zero attached hydrogens (tertiary/aromatic N) is 2. The first kappa shape index (κ1) is 25.0. The number of amides is 1. The normalized spacial score (nSPS) is 16.0. The van der Waals surface area contributed by atoms with Crippen LogP contribution in [0.2, 0.25) is 0 Å². The molecule has 0 radical (unpaired) electrons. The lowest BCUT2D eigenvalue weighted by Crippen LogP contribution is -2.50. The Hall–Kier alpha value is -2.29. The molecule has 0 bridgehead atoms. The number of rotatable bonds is 8. The third-order valence-electron chi connectivity index (χ3n) is 4.93. The Morgan fingerprint density at radius 2 is 1.94 bits per heavy atom. The van der Waals surface area contributed by atoms with Gasteiger partial charge in [0.2, 0.25) is 5.91 Å².